The molecule has 0 radical (unpaired) electrons. The maximum atomic E-state index is 10.9. The van der Waals surface area contributed by atoms with Crippen molar-refractivity contribution >= 4 is 29.9 Å². The van der Waals surface area contributed by atoms with Gasteiger partial charge in [-0.15, -0.1) is 4.68 Å². The van der Waals surface area contributed by atoms with Crippen LogP contribution in [0.3, 0.4) is 0 Å². The van der Waals surface area contributed by atoms with Gasteiger partial charge in [0, 0.05) is 6.92 Å². The average molecular weight is 297 g/mol. The lowest BCUT2D eigenvalue weighted by Gasteiger charge is -2.14. The molecule has 2 rings (SSSR count). The number of hydrazone groups is 2. The number of hydrogen-bond donors (Lipinski definition) is 2. The Bertz CT molecular complexity index is 705. The maximum Gasteiger partial charge on any atom is 0.335 e. The number of carboxylic acid groups (broad SMARTS) is 1. The Hall–Kier alpha value is -3.15. The molecule has 0 aliphatic heterocycles. The van der Waals surface area contributed by atoms with Crippen molar-refractivity contribution in [3.05, 3.63) is 60.2 Å². The van der Waals surface area contributed by atoms with Crippen molar-refractivity contribution in [1.29, 1.82) is 0 Å². The Labute approximate surface area is 128 Å². The lowest BCUT2D eigenvalue weighted by atomic mass is 10.2. The Balaban J connectivity index is 2.37. The second-order valence-electron chi connectivity index (χ2n) is 4.62. The molecule has 0 aliphatic carbocycles. The monoisotopic (exact) mass is 297 g/mol. The van der Waals surface area contributed by atoms with E-state index in [-0.39, 0.29) is 5.56 Å². The van der Waals surface area contributed by atoms with Gasteiger partial charge in [-0.25, -0.2) is 4.79 Å². The fraction of sp³-hybridized carbons (Fsp3) is 0.0625. The van der Waals surface area contributed by atoms with E-state index in [4.69, 9.17) is 10.8 Å². The van der Waals surface area contributed by atoms with Crippen molar-refractivity contribution in [1.82, 2.24) is 0 Å². The SMILES string of the molecule is C=[N+](c1ccc(C(=O)O)cc1)N(/N=C(/C)N)c1ccccc1. The average Bonchev–Trinajstić information content (AvgIpc) is 2.52. The van der Waals surface area contributed by atoms with Crippen LogP contribution in [0.4, 0.5) is 11.4 Å². The first-order chi connectivity index (χ1) is 10.5. The molecule has 0 atom stereocenters. The topological polar surface area (TPSA) is 81.9 Å². The number of carbonyl (C=O) groups is 1. The van der Waals surface area contributed by atoms with Gasteiger partial charge in [-0.1, -0.05) is 18.2 Å². The van der Waals surface area contributed by atoms with E-state index in [0.717, 1.165) is 5.69 Å². The highest BCUT2D eigenvalue weighted by Gasteiger charge is 2.19. The van der Waals surface area contributed by atoms with Gasteiger partial charge in [0.1, 0.15) is 5.69 Å². The third-order valence-corrected chi connectivity index (χ3v) is 2.88. The van der Waals surface area contributed by atoms with Crippen LogP contribution in [0.15, 0.2) is 59.7 Å². The van der Waals surface area contributed by atoms with E-state index in [1.807, 2.05) is 30.3 Å². The first-order valence-electron chi connectivity index (χ1n) is 6.59. The largest absolute Gasteiger partial charge is 0.478 e. The Morgan fingerprint density at radius 3 is 2.27 bits per heavy atom. The van der Waals surface area contributed by atoms with Gasteiger partial charge in [0.15, 0.2) is 5.69 Å². The normalized spacial score (nSPS) is 11.0. The zero-order valence-corrected chi connectivity index (χ0v) is 12.2. The minimum Gasteiger partial charge on any atom is -0.478 e. The lowest BCUT2D eigenvalue weighted by Crippen LogP contribution is -2.28. The summed E-state index contributed by atoms with van der Waals surface area (Å²) in [5, 5.41) is 14.7. The summed E-state index contributed by atoms with van der Waals surface area (Å²) < 4.78 is 1.54. The van der Waals surface area contributed by atoms with Gasteiger partial charge >= 0.3 is 5.97 Å². The summed E-state index contributed by atoms with van der Waals surface area (Å²) in [6.45, 7) is 5.64. The van der Waals surface area contributed by atoms with E-state index >= 15 is 0 Å². The van der Waals surface area contributed by atoms with Gasteiger partial charge < -0.3 is 10.8 Å². The summed E-state index contributed by atoms with van der Waals surface area (Å²) in [5.74, 6) is -0.599. The number of nitrogens with zero attached hydrogens (tertiary/aromatic N) is 3. The molecule has 0 saturated carbocycles. The molecule has 0 saturated heterocycles. The molecule has 0 aromatic heterocycles. The number of amidine groups is 1. The first-order valence-corrected chi connectivity index (χ1v) is 6.59. The van der Waals surface area contributed by atoms with Crippen molar-refractivity contribution in [2.24, 2.45) is 10.8 Å². The first kappa shape index (κ1) is 15.2. The predicted molar refractivity (Wildman–Crippen MR) is 86.7 cm³/mol. The van der Waals surface area contributed by atoms with Crippen molar-refractivity contribution in [3.8, 4) is 0 Å². The maximum absolute atomic E-state index is 10.9. The molecule has 6 nitrogen and oxygen atoms in total. The van der Waals surface area contributed by atoms with Crippen LogP contribution in [0.1, 0.15) is 17.3 Å². The van der Waals surface area contributed by atoms with Gasteiger partial charge in [0.05, 0.1) is 17.4 Å². The standard InChI is InChI=1S/C16H16N4O2/c1-12(17)18-20(15-6-4-3-5-7-15)19(2)14-10-8-13(9-11-14)16(21)22/h3-11H,2H2,1H3,(H2-,17,18,21,22)/p+1. The number of hydrazine groups is 1. The molecule has 0 bridgehead atoms. The molecule has 0 unspecified atom stereocenters. The molecular formula is C16H17N4O2+. The predicted octanol–water partition coefficient (Wildman–Crippen LogP) is 2.44. The molecule has 0 spiro atoms. The van der Waals surface area contributed by atoms with E-state index in [0.29, 0.717) is 11.5 Å². The minimum atomic E-state index is -0.974. The zero-order valence-electron chi connectivity index (χ0n) is 12.2. The zero-order chi connectivity index (χ0) is 16.1. The van der Waals surface area contributed by atoms with Gasteiger partial charge in [-0.05, 0) is 41.5 Å². The molecule has 0 amide bonds. The molecule has 6 heteroatoms. The third-order valence-electron chi connectivity index (χ3n) is 2.88. The molecule has 112 valence electrons. The molecule has 3 N–H and O–H groups in total. The van der Waals surface area contributed by atoms with Gasteiger partial charge in [0.25, 0.3) is 0 Å². The Morgan fingerprint density at radius 1 is 1.18 bits per heavy atom. The van der Waals surface area contributed by atoms with Crippen molar-refractivity contribution in [2.45, 2.75) is 6.92 Å². The van der Waals surface area contributed by atoms with Gasteiger partial charge in [0.2, 0.25) is 5.84 Å². The second kappa shape index (κ2) is 6.53. The number of anilines is 1. The smallest absolute Gasteiger partial charge is 0.335 e. The van der Waals surface area contributed by atoms with E-state index in [1.165, 1.54) is 16.8 Å². The van der Waals surface area contributed by atoms with Gasteiger partial charge in [-0.2, -0.15) is 0 Å². The quantitative estimate of drug-likeness (QED) is 0.384. The van der Waals surface area contributed by atoms with E-state index < -0.39 is 5.97 Å². The Kier molecular flexibility index (Phi) is 4.53. The molecule has 0 aliphatic rings. The number of nitrogens with two attached hydrogens (primary N) is 1. The van der Waals surface area contributed by atoms with Crippen LogP contribution in [0, 0.1) is 0 Å². The van der Waals surface area contributed by atoms with Crippen LogP contribution in [0.5, 0.6) is 0 Å². The number of hydrogen-bond acceptors (Lipinski definition) is 3. The van der Waals surface area contributed by atoms with Gasteiger partial charge in [-0.3, -0.25) is 0 Å². The lowest BCUT2D eigenvalue weighted by molar-refractivity contribution is -0.447. The molecule has 0 fully saturated rings. The van der Waals surface area contributed by atoms with E-state index in [2.05, 4.69) is 11.8 Å². The van der Waals surface area contributed by atoms with E-state index in [9.17, 15) is 4.79 Å². The van der Waals surface area contributed by atoms with Crippen LogP contribution >= 0.6 is 0 Å². The van der Waals surface area contributed by atoms with Crippen molar-refractivity contribution in [2.75, 3.05) is 5.12 Å². The fourth-order valence-electron chi connectivity index (χ4n) is 1.85. The highest BCUT2D eigenvalue weighted by Crippen LogP contribution is 2.21. The fourth-order valence-corrected chi connectivity index (χ4v) is 1.85. The number of benzene rings is 2. The summed E-state index contributed by atoms with van der Waals surface area (Å²) in [7, 11) is 0. The summed E-state index contributed by atoms with van der Waals surface area (Å²) in [6.07, 6.45) is 0. The summed E-state index contributed by atoms with van der Waals surface area (Å²) in [5.41, 5.74) is 7.36. The van der Waals surface area contributed by atoms with Crippen LogP contribution in [0.2, 0.25) is 0 Å². The summed E-state index contributed by atoms with van der Waals surface area (Å²) in [6, 6.07) is 15.7. The molecular weight excluding hydrogens is 280 g/mol. The molecule has 2 aromatic rings. The molecule has 0 heterocycles. The highest BCUT2D eigenvalue weighted by atomic mass is 16.4. The summed E-state index contributed by atoms with van der Waals surface area (Å²) >= 11 is 0. The molecule has 2 aromatic carbocycles. The summed E-state index contributed by atoms with van der Waals surface area (Å²) in [4.78, 5) is 10.9. The van der Waals surface area contributed by atoms with Crippen LogP contribution in [0.25, 0.3) is 0 Å². The second-order valence-corrected chi connectivity index (χ2v) is 4.62. The van der Waals surface area contributed by atoms with Crippen molar-refractivity contribution < 1.29 is 14.6 Å². The number of aromatic carboxylic acids is 1. The number of para-hydroxylation sites is 1. The van der Waals surface area contributed by atoms with Crippen LogP contribution in [-0.4, -0.2) is 28.3 Å². The van der Waals surface area contributed by atoms with Crippen molar-refractivity contribution in [3.63, 3.8) is 0 Å². The number of carboxylic acids is 1. The highest BCUT2D eigenvalue weighted by molar-refractivity contribution is 5.87. The molecule has 22 heavy (non-hydrogen) atoms. The van der Waals surface area contributed by atoms with Crippen LogP contribution in [-0.2, 0) is 0 Å². The van der Waals surface area contributed by atoms with E-state index in [1.54, 1.807) is 24.2 Å². The minimum absolute atomic E-state index is 0.210. The number of rotatable bonds is 5. The Morgan fingerprint density at radius 2 is 1.77 bits per heavy atom. The third kappa shape index (κ3) is 3.49. The van der Waals surface area contributed by atoms with Crippen LogP contribution < -0.4 is 10.9 Å².